The van der Waals surface area contributed by atoms with Gasteiger partial charge in [0.25, 0.3) is 0 Å². The Hall–Kier alpha value is -0.690. The van der Waals surface area contributed by atoms with Gasteiger partial charge in [0.1, 0.15) is 0 Å². The first-order valence-electron chi connectivity index (χ1n) is 23.2. The first kappa shape index (κ1) is 73.4. The summed E-state index contributed by atoms with van der Waals surface area (Å²) in [6.07, 6.45) is 26.6. The average Bonchev–Trinajstić information content (AvgIpc) is 3.20. The van der Waals surface area contributed by atoms with Gasteiger partial charge in [0, 0.05) is 27.4 Å². The van der Waals surface area contributed by atoms with Crippen LogP contribution < -0.4 is 5.32 Å². The zero-order chi connectivity index (χ0) is 43.2. The molecule has 0 aromatic carbocycles. The minimum Gasteiger partial charge on any atom is -0.465 e. The van der Waals surface area contributed by atoms with Crippen LogP contribution in [0.2, 0.25) is 0 Å². The SMILES string of the molecule is CC.CC.CC.CC(C)CO.CCCCC.CCCCCCC(CCCCCC)C(=O)OCCCC.CCCCCCCC.CCNCCOC.CO. The fourth-order valence-corrected chi connectivity index (χ4v) is 4.01. The number of nitrogens with one attached hydrogen (secondary N) is 1. The van der Waals surface area contributed by atoms with Gasteiger partial charge < -0.3 is 25.0 Å². The number of methoxy groups -OCH3 is 1. The van der Waals surface area contributed by atoms with Crippen molar-refractivity contribution in [1.29, 1.82) is 0 Å². The van der Waals surface area contributed by atoms with Crippen molar-refractivity contribution in [2.45, 2.75) is 246 Å². The number of ether oxygens (including phenoxy) is 2. The predicted molar refractivity (Wildman–Crippen MR) is 246 cm³/mol. The zero-order valence-electron chi connectivity index (χ0n) is 40.7. The first-order chi connectivity index (χ1) is 25.8. The number of esters is 1. The second kappa shape index (κ2) is 93.3. The van der Waals surface area contributed by atoms with E-state index in [9.17, 15) is 4.79 Å². The number of likely N-dealkylation sites (N-methyl/N-ethyl adjacent to an activating group) is 1. The van der Waals surface area contributed by atoms with Crippen molar-refractivity contribution in [3.05, 3.63) is 0 Å². The number of unbranched alkanes of at least 4 members (excludes halogenated alkanes) is 14. The summed E-state index contributed by atoms with van der Waals surface area (Å²) in [4.78, 5) is 12.1. The van der Waals surface area contributed by atoms with E-state index >= 15 is 0 Å². The van der Waals surface area contributed by atoms with Gasteiger partial charge in [0.15, 0.2) is 0 Å². The number of hydrogen-bond acceptors (Lipinski definition) is 6. The summed E-state index contributed by atoms with van der Waals surface area (Å²) in [5, 5.41) is 18.3. The van der Waals surface area contributed by atoms with Gasteiger partial charge in [0.05, 0.1) is 19.1 Å². The highest BCUT2D eigenvalue weighted by Gasteiger charge is 2.19. The van der Waals surface area contributed by atoms with E-state index < -0.39 is 0 Å². The van der Waals surface area contributed by atoms with Crippen molar-refractivity contribution < 1.29 is 24.5 Å². The molecule has 0 saturated carbocycles. The molecule has 0 rings (SSSR count). The number of carbonyl (C=O) groups is 1. The molecule has 6 nitrogen and oxygen atoms in total. The van der Waals surface area contributed by atoms with Gasteiger partial charge >= 0.3 is 5.97 Å². The molecular weight excluding hydrogens is 659 g/mol. The number of aliphatic hydroxyl groups excluding tert-OH is 2. The second-order valence-electron chi connectivity index (χ2n) is 12.6. The summed E-state index contributed by atoms with van der Waals surface area (Å²) in [6, 6.07) is 0. The lowest BCUT2D eigenvalue weighted by Crippen LogP contribution is -2.18. The van der Waals surface area contributed by atoms with E-state index in [4.69, 9.17) is 19.7 Å². The molecule has 0 saturated heterocycles. The number of aliphatic hydroxyl groups is 2. The van der Waals surface area contributed by atoms with Gasteiger partial charge in [-0.3, -0.25) is 4.79 Å². The molecule has 0 heterocycles. The summed E-state index contributed by atoms with van der Waals surface area (Å²) in [5.41, 5.74) is 0. The van der Waals surface area contributed by atoms with Gasteiger partial charge in [-0.15, -0.1) is 0 Å². The molecule has 0 aliphatic carbocycles. The molecule has 6 heteroatoms. The largest absolute Gasteiger partial charge is 0.465 e. The third kappa shape index (κ3) is 112. The number of rotatable bonds is 26. The molecule has 0 unspecified atom stereocenters. The Labute approximate surface area is 339 Å². The topological polar surface area (TPSA) is 88.0 Å². The molecule has 53 heavy (non-hydrogen) atoms. The smallest absolute Gasteiger partial charge is 0.308 e. The first-order valence-corrected chi connectivity index (χ1v) is 23.2. The van der Waals surface area contributed by atoms with Crippen molar-refractivity contribution in [3.8, 4) is 0 Å². The molecule has 0 spiro atoms. The summed E-state index contributed by atoms with van der Waals surface area (Å²) in [7, 11) is 2.71. The molecule has 0 aliphatic rings. The van der Waals surface area contributed by atoms with Crippen molar-refractivity contribution in [1.82, 2.24) is 5.32 Å². The molecule has 0 aromatic heterocycles. The normalized spacial score (nSPS) is 9.02. The molecule has 0 radical (unpaired) electrons. The Balaban J connectivity index is -0.0000000696. The lowest BCUT2D eigenvalue weighted by atomic mass is 9.94. The van der Waals surface area contributed by atoms with E-state index in [0.29, 0.717) is 19.1 Å². The summed E-state index contributed by atoms with van der Waals surface area (Å²) >= 11 is 0. The lowest BCUT2D eigenvalue weighted by Gasteiger charge is -2.16. The quantitative estimate of drug-likeness (QED) is 0.0600. The standard InChI is InChI=1S/C18H36O2.C8H18.C5H13NO.C5H12.C4H10O.3C2H6.CH4O/c1-4-7-10-12-14-17(15-13-11-8-5-2)18(19)20-16-9-6-3;1-3-5-7-8-6-4-2;1-3-6-4-5-7-2;1-3-5-4-2;1-4(2)3-5;4*1-2/h17H,4-16H2,1-3H3;3-8H2,1-2H3;6H,3-5H2,1-2H3;3-5H2,1-2H3;4-5H,3H2,1-2H3;3*1-2H3;2H,1H3. The van der Waals surface area contributed by atoms with Gasteiger partial charge in [-0.25, -0.2) is 0 Å². The van der Waals surface area contributed by atoms with E-state index in [0.717, 1.165) is 52.5 Å². The minimum atomic E-state index is 0.0615. The lowest BCUT2D eigenvalue weighted by molar-refractivity contribution is -0.149. The number of carbonyl (C=O) groups excluding carboxylic acids is 1. The van der Waals surface area contributed by atoms with Gasteiger partial charge in [-0.1, -0.05) is 226 Å². The molecular formula is C47H111NO5. The van der Waals surface area contributed by atoms with E-state index in [1.165, 1.54) is 109 Å². The Morgan fingerprint density at radius 1 is 0.528 bits per heavy atom. The van der Waals surface area contributed by atoms with Crippen LogP contribution >= 0.6 is 0 Å². The maximum atomic E-state index is 12.1. The summed E-state index contributed by atoms with van der Waals surface area (Å²) in [5.74, 6) is 0.655. The van der Waals surface area contributed by atoms with E-state index in [2.05, 4.69) is 60.7 Å². The van der Waals surface area contributed by atoms with Gasteiger partial charge in [-0.05, 0) is 31.7 Å². The van der Waals surface area contributed by atoms with Gasteiger partial charge in [-0.2, -0.15) is 0 Å². The Morgan fingerprint density at radius 3 is 1.09 bits per heavy atom. The molecule has 3 N–H and O–H groups in total. The highest BCUT2D eigenvalue weighted by Crippen LogP contribution is 2.20. The molecule has 334 valence electrons. The van der Waals surface area contributed by atoms with Crippen LogP contribution in [-0.4, -0.2) is 63.3 Å². The Bertz CT molecular complexity index is 440. The van der Waals surface area contributed by atoms with Crippen LogP contribution in [0.25, 0.3) is 0 Å². The molecule has 0 amide bonds. The predicted octanol–water partition coefficient (Wildman–Crippen LogP) is 15.0. The monoisotopic (exact) mass is 770 g/mol. The molecule has 0 aliphatic heterocycles. The zero-order valence-corrected chi connectivity index (χ0v) is 40.7. The Kier molecular flexibility index (Phi) is 129. The van der Waals surface area contributed by atoms with Crippen LogP contribution in [-0.2, 0) is 14.3 Å². The maximum absolute atomic E-state index is 12.1. The van der Waals surface area contributed by atoms with E-state index in [1.807, 2.05) is 55.4 Å². The van der Waals surface area contributed by atoms with Crippen molar-refractivity contribution >= 4 is 5.97 Å². The highest BCUT2D eigenvalue weighted by molar-refractivity contribution is 5.72. The minimum absolute atomic E-state index is 0.0615. The van der Waals surface area contributed by atoms with Crippen LogP contribution in [0.3, 0.4) is 0 Å². The van der Waals surface area contributed by atoms with Crippen LogP contribution in [0.15, 0.2) is 0 Å². The van der Waals surface area contributed by atoms with Crippen molar-refractivity contribution in [2.24, 2.45) is 11.8 Å². The van der Waals surface area contributed by atoms with Crippen LogP contribution in [0.1, 0.15) is 246 Å². The van der Waals surface area contributed by atoms with Crippen molar-refractivity contribution in [3.63, 3.8) is 0 Å². The van der Waals surface area contributed by atoms with Crippen LogP contribution in [0.5, 0.6) is 0 Å². The Morgan fingerprint density at radius 2 is 0.849 bits per heavy atom. The molecule has 0 bridgehead atoms. The summed E-state index contributed by atoms with van der Waals surface area (Å²) in [6.45, 7) is 37.3. The maximum Gasteiger partial charge on any atom is 0.308 e. The molecule has 0 atom stereocenters. The van der Waals surface area contributed by atoms with Crippen LogP contribution in [0, 0.1) is 11.8 Å². The fourth-order valence-electron chi connectivity index (χ4n) is 4.01. The third-order valence-electron chi connectivity index (χ3n) is 7.15. The third-order valence-corrected chi connectivity index (χ3v) is 7.15. The van der Waals surface area contributed by atoms with E-state index in [1.54, 1.807) is 7.11 Å². The molecule has 0 fully saturated rings. The van der Waals surface area contributed by atoms with Gasteiger partial charge in [0.2, 0.25) is 0 Å². The second-order valence-corrected chi connectivity index (χ2v) is 12.6. The van der Waals surface area contributed by atoms with Crippen LogP contribution in [0.4, 0.5) is 0 Å². The average molecular weight is 770 g/mol. The number of hydrogen-bond donors (Lipinski definition) is 3. The highest BCUT2D eigenvalue weighted by atomic mass is 16.5. The molecule has 0 aromatic rings. The van der Waals surface area contributed by atoms with Crippen molar-refractivity contribution in [2.75, 3.05) is 47.1 Å². The fraction of sp³-hybridized carbons (Fsp3) is 0.979. The summed E-state index contributed by atoms with van der Waals surface area (Å²) < 4.78 is 10.2. The van der Waals surface area contributed by atoms with E-state index in [-0.39, 0.29) is 11.9 Å².